The van der Waals surface area contributed by atoms with E-state index in [1.165, 1.54) is 6.42 Å². The molecule has 0 aromatic carbocycles. The highest BCUT2D eigenvalue weighted by molar-refractivity contribution is 5.48. The first-order valence-corrected chi connectivity index (χ1v) is 3.63. The van der Waals surface area contributed by atoms with Crippen LogP contribution in [0.2, 0.25) is 0 Å². The summed E-state index contributed by atoms with van der Waals surface area (Å²) in [7, 11) is 0. The van der Waals surface area contributed by atoms with Gasteiger partial charge in [-0.1, -0.05) is 32.1 Å². The molecule has 0 fully saturated rings. The van der Waals surface area contributed by atoms with Crippen molar-refractivity contribution >= 4 is 0 Å². The van der Waals surface area contributed by atoms with Crippen molar-refractivity contribution in [1.29, 1.82) is 0 Å². The molecule has 0 saturated heterocycles. The predicted molar refractivity (Wildman–Crippen MR) is 39.1 cm³/mol. The fraction of sp³-hybridized carbons (Fsp3) is 0.556. The van der Waals surface area contributed by atoms with Gasteiger partial charge in [0.15, 0.2) is 0 Å². The zero-order chi connectivity index (χ0) is 6.48. The summed E-state index contributed by atoms with van der Waals surface area (Å²) in [4.78, 5) is 0. The second-order valence-electron chi connectivity index (χ2n) is 3.42. The highest BCUT2D eigenvalue weighted by Gasteiger charge is 2.43. The number of allylic oxidation sites excluding steroid dienone is 4. The van der Waals surface area contributed by atoms with E-state index in [1.54, 1.807) is 5.57 Å². The lowest BCUT2D eigenvalue weighted by atomic mass is 9.82. The van der Waals surface area contributed by atoms with E-state index in [0.29, 0.717) is 5.41 Å². The fourth-order valence-electron chi connectivity index (χ4n) is 1.59. The third-order valence-electron chi connectivity index (χ3n) is 2.80. The minimum atomic E-state index is 0.509. The van der Waals surface area contributed by atoms with Gasteiger partial charge in [-0.25, -0.2) is 0 Å². The van der Waals surface area contributed by atoms with Crippen LogP contribution >= 0.6 is 0 Å². The predicted octanol–water partition coefficient (Wildman–Crippen LogP) is 2.53. The van der Waals surface area contributed by atoms with Crippen LogP contribution in [-0.4, -0.2) is 0 Å². The number of rotatable bonds is 0. The van der Waals surface area contributed by atoms with Gasteiger partial charge in [0.1, 0.15) is 0 Å². The van der Waals surface area contributed by atoms with Gasteiger partial charge in [-0.05, 0) is 17.9 Å². The van der Waals surface area contributed by atoms with Gasteiger partial charge in [0.05, 0.1) is 0 Å². The van der Waals surface area contributed by atoms with Crippen LogP contribution in [0.5, 0.6) is 0 Å². The molecular formula is C9H12. The summed E-state index contributed by atoms with van der Waals surface area (Å²) < 4.78 is 0. The van der Waals surface area contributed by atoms with E-state index in [-0.39, 0.29) is 0 Å². The van der Waals surface area contributed by atoms with Crippen molar-refractivity contribution in [2.24, 2.45) is 11.3 Å². The molecule has 0 aromatic rings. The SMILES string of the molecule is CC1CC=CC2=CC21C. The van der Waals surface area contributed by atoms with Crippen LogP contribution < -0.4 is 0 Å². The molecule has 0 aromatic heterocycles. The van der Waals surface area contributed by atoms with Gasteiger partial charge in [0.2, 0.25) is 0 Å². The zero-order valence-electron chi connectivity index (χ0n) is 6.02. The van der Waals surface area contributed by atoms with Crippen LogP contribution in [0, 0.1) is 11.3 Å². The van der Waals surface area contributed by atoms with E-state index in [2.05, 4.69) is 32.1 Å². The lowest BCUT2D eigenvalue weighted by Gasteiger charge is -2.22. The van der Waals surface area contributed by atoms with Crippen LogP contribution in [0.25, 0.3) is 0 Å². The van der Waals surface area contributed by atoms with Gasteiger partial charge < -0.3 is 0 Å². The first-order chi connectivity index (χ1) is 4.23. The van der Waals surface area contributed by atoms with Crippen molar-refractivity contribution in [2.45, 2.75) is 20.3 Å². The van der Waals surface area contributed by atoms with E-state index in [0.717, 1.165) is 5.92 Å². The monoisotopic (exact) mass is 120 g/mol. The average Bonchev–Trinajstić information content (AvgIpc) is 2.44. The van der Waals surface area contributed by atoms with E-state index >= 15 is 0 Å². The highest BCUT2D eigenvalue weighted by atomic mass is 14.5. The lowest BCUT2D eigenvalue weighted by molar-refractivity contribution is 0.392. The second-order valence-corrected chi connectivity index (χ2v) is 3.42. The molecule has 48 valence electrons. The molecular weight excluding hydrogens is 108 g/mol. The van der Waals surface area contributed by atoms with E-state index < -0.39 is 0 Å². The van der Waals surface area contributed by atoms with E-state index in [1.807, 2.05) is 0 Å². The van der Waals surface area contributed by atoms with Crippen molar-refractivity contribution < 1.29 is 0 Å². The molecule has 0 heteroatoms. The van der Waals surface area contributed by atoms with Gasteiger partial charge >= 0.3 is 0 Å². The Morgan fingerprint density at radius 3 is 3.00 bits per heavy atom. The van der Waals surface area contributed by atoms with Gasteiger partial charge in [0, 0.05) is 5.41 Å². The summed E-state index contributed by atoms with van der Waals surface area (Å²) in [6, 6.07) is 0. The summed E-state index contributed by atoms with van der Waals surface area (Å²) >= 11 is 0. The topological polar surface area (TPSA) is 0 Å². The third-order valence-corrected chi connectivity index (χ3v) is 2.80. The normalized spacial score (nSPS) is 46.0. The van der Waals surface area contributed by atoms with Gasteiger partial charge in [-0.2, -0.15) is 0 Å². The highest BCUT2D eigenvalue weighted by Crippen LogP contribution is 2.54. The van der Waals surface area contributed by atoms with E-state index in [4.69, 9.17) is 0 Å². The second kappa shape index (κ2) is 1.31. The minimum Gasteiger partial charge on any atom is -0.0839 e. The van der Waals surface area contributed by atoms with Gasteiger partial charge in [0.25, 0.3) is 0 Å². The Balaban J connectivity index is 2.28. The Kier molecular flexibility index (Phi) is 0.769. The Bertz CT molecular complexity index is 198. The Morgan fingerprint density at radius 1 is 1.67 bits per heavy atom. The molecule has 2 aliphatic rings. The summed E-state index contributed by atoms with van der Waals surface area (Å²) in [5, 5.41) is 0. The van der Waals surface area contributed by atoms with Crippen LogP contribution in [0.3, 0.4) is 0 Å². The summed E-state index contributed by atoms with van der Waals surface area (Å²) in [6.07, 6.45) is 8.18. The quantitative estimate of drug-likeness (QED) is 0.461. The zero-order valence-corrected chi connectivity index (χ0v) is 6.02. The summed E-state index contributed by atoms with van der Waals surface area (Å²) in [5.74, 6) is 0.845. The van der Waals surface area contributed by atoms with Gasteiger partial charge in [-0.3, -0.25) is 0 Å². The fourth-order valence-corrected chi connectivity index (χ4v) is 1.59. The molecule has 0 N–H and O–H groups in total. The van der Waals surface area contributed by atoms with Crippen LogP contribution in [0.4, 0.5) is 0 Å². The summed E-state index contributed by atoms with van der Waals surface area (Å²) in [5.41, 5.74) is 2.07. The van der Waals surface area contributed by atoms with Crippen LogP contribution in [0.15, 0.2) is 23.8 Å². The molecule has 2 aliphatic carbocycles. The molecule has 0 amide bonds. The van der Waals surface area contributed by atoms with Crippen LogP contribution in [0.1, 0.15) is 20.3 Å². The largest absolute Gasteiger partial charge is 0.0839 e. The number of hydrogen-bond acceptors (Lipinski definition) is 0. The van der Waals surface area contributed by atoms with Crippen molar-refractivity contribution in [2.75, 3.05) is 0 Å². The molecule has 0 saturated carbocycles. The molecule has 0 spiro atoms. The Hall–Kier alpha value is -0.520. The van der Waals surface area contributed by atoms with Crippen molar-refractivity contribution in [1.82, 2.24) is 0 Å². The maximum Gasteiger partial charge on any atom is 0.0135 e. The molecule has 0 nitrogen and oxygen atoms in total. The Labute approximate surface area is 56.3 Å². The van der Waals surface area contributed by atoms with Crippen molar-refractivity contribution in [3.63, 3.8) is 0 Å². The molecule has 0 radical (unpaired) electrons. The standard InChI is InChI=1S/C9H12/c1-7-4-3-5-8-6-9(7,8)2/h3,5-7H,4H2,1-2H3. The third kappa shape index (κ3) is 0.536. The summed E-state index contributed by atoms with van der Waals surface area (Å²) in [6.45, 7) is 4.66. The maximum atomic E-state index is 2.38. The number of fused-ring (bicyclic) bond motifs is 1. The molecule has 0 bridgehead atoms. The maximum absolute atomic E-state index is 2.38. The first kappa shape index (κ1) is 5.28. The lowest BCUT2D eigenvalue weighted by Crippen LogP contribution is -2.13. The Morgan fingerprint density at radius 2 is 2.44 bits per heavy atom. The minimum absolute atomic E-state index is 0.509. The molecule has 2 rings (SSSR count). The molecule has 0 aliphatic heterocycles. The smallest absolute Gasteiger partial charge is 0.0135 e. The van der Waals surface area contributed by atoms with Crippen LogP contribution in [-0.2, 0) is 0 Å². The van der Waals surface area contributed by atoms with E-state index in [9.17, 15) is 0 Å². The van der Waals surface area contributed by atoms with Crippen molar-refractivity contribution in [3.05, 3.63) is 23.8 Å². The first-order valence-electron chi connectivity index (χ1n) is 3.63. The molecule has 0 heterocycles. The molecule has 2 atom stereocenters. The van der Waals surface area contributed by atoms with Gasteiger partial charge in [-0.15, -0.1) is 0 Å². The number of hydrogen-bond donors (Lipinski definition) is 0. The van der Waals surface area contributed by atoms with Crippen molar-refractivity contribution in [3.8, 4) is 0 Å². The average molecular weight is 120 g/mol. The molecule has 9 heavy (non-hydrogen) atoms. The molecule has 2 unspecified atom stereocenters.